The lowest BCUT2D eigenvalue weighted by atomic mass is 10.6. The van der Waals surface area contributed by atoms with Gasteiger partial charge in [-0.25, -0.2) is 4.59 Å². The Morgan fingerprint density at radius 2 is 1.88 bits per heavy atom. The molecule has 0 aliphatic carbocycles. The number of rotatable bonds is 2. The van der Waals surface area contributed by atoms with Gasteiger partial charge in [-0.15, -0.1) is 0 Å². The van der Waals surface area contributed by atoms with Crippen LogP contribution in [0.25, 0.3) is 0 Å². The number of nitrogens with zero attached hydrogens (tertiary/aromatic N) is 1. The van der Waals surface area contributed by atoms with Crippen molar-refractivity contribution in [2.45, 2.75) is 6.92 Å². The summed E-state index contributed by atoms with van der Waals surface area (Å²) in [7, 11) is 3.75. The quantitative estimate of drug-likeness (QED) is 0.394. The van der Waals surface area contributed by atoms with Gasteiger partial charge in [-0.3, -0.25) is 5.21 Å². The van der Waals surface area contributed by atoms with Gasteiger partial charge in [-0.1, -0.05) is 0 Å². The molecule has 0 saturated carbocycles. The fourth-order valence-electron chi connectivity index (χ4n) is 0.0707. The van der Waals surface area contributed by atoms with Gasteiger partial charge in [-0.2, -0.15) is 0 Å². The second kappa shape index (κ2) is 3.80. The molecule has 0 rings (SSSR count). The van der Waals surface area contributed by atoms with Crippen molar-refractivity contribution in [3.05, 3.63) is 0 Å². The van der Waals surface area contributed by atoms with Gasteiger partial charge in [0.1, 0.15) is 0 Å². The van der Waals surface area contributed by atoms with Gasteiger partial charge < -0.3 is 5.48 Å². The van der Waals surface area contributed by atoms with E-state index in [1.54, 1.807) is 0 Å². The maximum atomic E-state index is 8.32. The van der Waals surface area contributed by atoms with Crippen LogP contribution >= 0.6 is 0 Å². The van der Waals surface area contributed by atoms with Gasteiger partial charge in [0, 0.05) is 0 Å². The fourth-order valence-corrected chi connectivity index (χ4v) is 0.0707. The summed E-state index contributed by atoms with van der Waals surface area (Å²) in [4.78, 5) is 0. The van der Waals surface area contributed by atoms with Gasteiger partial charge in [0.05, 0.1) is 20.6 Å². The van der Waals surface area contributed by atoms with E-state index in [0.717, 1.165) is 6.54 Å². The van der Waals surface area contributed by atoms with Crippen LogP contribution in [0, 0.1) is 0 Å². The van der Waals surface area contributed by atoms with E-state index in [1.165, 1.54) is 0 Å². The minimum Gasteiger partial charge on any atom is -0.870 e. The lowest BCUT2D eigenvalue weighted by molar-refractivity contribution is -0.958. The second-order valence-electron chi connectivity index (χ2n) is 2.10. The van der Waals surface area contributed by atoms with E-state index in [9.17, 15) is 0 Å². The highest BCUT2D eigenvalue weighted by Gasteiger charge is 2.06. The second-order valence-corrected chi connectivity index (χ2v) is 2.10. The van der Waals surface area contributed by atoms with Crippen molar-refractivity contribution < 1.29 is 15.3 Å². The highest BCUT2D eigenvalue weighted by Crippen LogP contribution is 1.83. The van der Waals surface area contributed by atoms with E-state index in [1.807, 2.05) is 21.0 Å². The smallest absolute Gasteiger partial charge is 0.0948 e. The van der Waals surface area contributed by atoms with Crippen LogP contribution in [-0.2, 0) is 0 Å². The van der Waals surface area contributed by atoms with E-state index >= 15 is 0 Å². The van der Waals surface area contributed by atoms with E-state index in [2.05, 4.69) is 5.59 Å². The van der Waals surface area contributed by atoms with Crippen molar-refractivity contribution in [1.29, 1.82) is 0 Å². The maximum absolute atomic E-state index is 8.32. The molecule has 0 fully saturated rings. The number of hydrogen-bond acceptors (Lipinski definition) is 3. The highest BCUT2D eigenvalue weighted by atomic mass is 16.5. The molecule has 8 heavy (non-hydrogen) atoms. The summed E-state index contributed by atoms with van der Waals surface area (Å²) in [5, 5.41) is 8.32. The lowest BCUT2D eigenvalue weighted by Crippen LogP contribution is -2.49. The van der Waals surface area contributed by atoms with Crippen molar-refractivity contribution >= 4 is 0 Å². The van der Waals surface area contributed by atoms with Crippen molar-refractivity contribution in [3.8, 4) is 0 Å². The Balaban J connectivity index is 0. The molecule has 0 spiro atoms. The Kier molecular flexibility index (Phi) is 5.10. The molecule has 0 amide bonds. The number of quaternary nitrogens is 1. The van der Waals surface area contributed by atoms with Crippen LogP contribution in [0.3, 0.4) is 0 Å². The van der Waals surface area contributed by atoms with Gasteiger partial charge in [-0.05, 0) is 12.5 Å². The predicted molar refractivity (Wildman–Crippen MR) is 29.5 cm³/mol. The zero-order valence-corrected chi connectivity index (χ0v) is 5.55. The van der Waals surface area contributed by atoms with Crippen LogP contribution in [0.1, 0.15) is 6.92 Å². The molecule has 0 saturated heterocycles. The predicted octanol–water partition coefficient (Wildman–Crippen LogP) is -0.200. The zero-order chi connectivity index (χ0) is 5.91. The van der Waals surface area contributed by atoms with Crippen molar-refractivity contribution in [3.63, 3.8) is 0 Å². The summed E-state index contributed by atoms with van der Waals surface area (Å²) in [5.74, 6) is 0. The molecule has 0 aromatic rings. The molecule has 0 radical (unpaired) electrons. The summed E-state index contributed by atoms with van der Waals surface area (Å²) < 4.78 is 0.444. The van der Waals surface area contributed by atoms with Crippen LogP contribution in [-0.4, -0.2) is 35.9 Å². The summed E-state index contributed by atoms with van der Waals surface area (Å²) in [6.07, 6.45) is 0. The Bertz CT molecular complexity index is 50.0. The Hall–Kier alpha value is -0.160. The first-order chi connectivity index (χ1) is 3.12. The summed E-state index contributed by atoms with van der Waals surface area (Å²) in [6.45, 7) is 2.86. The Morgan fingerprint density at radius 1 is 1.50 bits per heavy atom. The molecule has 0 aliphatic heterocycles. The maximum Gasteiger partial charge on any atom is 0.0948 e. The molecule has 3 N–H and O–H groups in total. The first kappa shape index (κ1) is 10.8. The van der Waals surface area contributed by atoms with E-state index in [4.69, 9.17) is 5.21 Å². The monoisotopic (exact) mass is 122 g/mol. The fraction of sp³-hybridized carbons (Fsp3) is 1.00. The third-order valence-electron chi connectivity index (χ3n) is 1.06. The lowest BCUT2D eigenvalue weighted by Gasteiger charge is -2.22. The molecule has 0 aromatic carbocycles. The van der Waals surface area contributed by atoms with Crippen LogP contribution in [0.2, 0.25) is 0 Å². The van der Waals surface area contributed by atoms with Crippen molar-refractivity contribution in [2.75, 3.05) is 20.6 Å². The largest absolute Gasteiger partial charge is 0.870 e. The third kappa shape index (κ3) is 4.01. The molecule has 52 valence electrons. The Labute approximate surface area is 49.6 Å². The van der Waals surface area contributed by atoms with Crippen LogP contribution < -0.4 is 5.59 Å². The molecule has 0 bridgehead atoms. The molecular formula is C4H14N2O2. The minimum absolute atomic E-state index is 0. The van der Waals surface area contributed by atoms with Crippen LogP contribution in [0.5, 0.6) is 0 Å². The molecule has 0 unspecified atom stereocenters. The highest BCUT2D eigenvalue weighted by molar-refractivity contribution is 4.04. The van der Waals surface area contributed by atoms with Crippen molar-refractivity contribution in [2.24, 2.45) is 0 Å². The molecule has 4 heteroatoms. The van der Waals surface area contributed by atoms with Crippen LogP contribution in [0.4, 0.5) is 0 Å². The normalized spacial score (nSPS) is 10.5. The molecule has 0 heterocycles. The van der Waals surface area contributed by atoms with E-state index in [-0.39, 0.29) is 5.48 Å². The van der Waals surface area contributed by atoms with Gasteiger partial charge in [0.25, 0.3) is 0 Å². The third-order valence-corrected chi connectivity index (χ3v) is 1.06. The molecule has 4 nitrogen and oxygen atoms in total. The molecule has 0 atom stereocenters. The standard InChI is InChI=1S/C4H13N2O.H2O/c1-4-6(2,3)5-7;/h5,7H,4H2,1-3H3;1H2/q+1;/p-1. The molecule has 0 aliphatic rings. The topological polar surface area (TPSA) is 62.3 Å². The summed E-state index contributed by atoms with van der Waals surface area (Å²) in [5.41, 5.74) is 2.13. The first-order valence-corrected chi connectivity index (χ1v) is 2.36. The van der Waals surface area contributed by atoms with E-state index < -0.39 is 0 Å². The van der Waals surface area contributed by atoms with Crippen LogP contribution in [0.15, 0.2) is 0 Å². The minimum atomic E-state index is 0. The average molecular weight is 122 g/mol. The summed E-state index contributed by atoms with van der Waals surface area (Å²) in [6, 6.07) is 0. The van der Waals surface area contributed by atoms with Gasteiger partial charge in [0.2, 0.25) is 0 Å². The van der Waals surface area contributed by atoms with Gasteiger partial charge in [0.15, 0.2) is 0 Å². The molecular weight excluding hydrogens is 108 g/mol. The zero-order valence-electron chi connectivity index (χ0n) is 5.55. The average Bonchev–Trinajstić information content (AvgIpc) is 1.68. The summed E-state index contributed by atoms with van der Waals surface area (Å²) >= 11 is 0. The number of hydrogen-bond donors (Lipinski definition) is 2. The van der Waals surface area contributed by atoms with Gasteiger partial charge >= 0.3 is 0 Å². The SMILES string of the molecule is CC[N+](C)(C)NO.[OH-]. The molecule has 0 aromatic heterocycles. The first-order valence-electron chi connectivity index (χ1n) is 2.36. The number of nitrogens with one attached hydrogen (secondary N) is 1. The van der Waals surface area contributed by atoms with Crippen molar-refractivity contribution in [1.82, 2.24) is 5.59 Å². The Morgan fingerprint density at radius 3 is 1.88 bits per heavy atom. The van der Waals surface area contributed by atoms with E-state index in [0.29, 0.717) is 4.59 Å².